The molecule has 2 aromatic rings. The van der Waals surface area contributed by atoms with Gasteiger partial charge >= 0.3 is 6.18 Å². The van der Waals surface area contributed by atoms with Gasteiger partial charge in [-0.3, -0.25) is 0 Å². The van der Waals surface area contributed by atoms with E-state index in [4.69, 9.17) is 16.3 Å². The van der Waals surface area contributed by atoms with E-state index in [1.165, 1.54) is 13.2 Å². The lowest BCUT2D eigenvalue weighted by Crippen LogP contribution is -2.05. The van der Waals surface area contributed by atoms with Crippen LogP contribution in [0.2, 0.25) is 5.02 Å². The number of ether oxygens (including phenoxy) is 1. The molecule has 0 unspecified atom stereocenters. The second-order valence-electron chi connectivity index (χ2n) is 4.05. The lowest BCUT2D eigenvalue weighted by molar-refractivity contribution is -0.137. The average Bonchev–Trinajstić information content (AvgIpc) is 2.41. The Morgan fingerprint density at radius 2 is 1.70 bits per heavy atom. The summed E-state index contributed by atoms with van der Waals surface area (Å²) in [6, 6.07) is 9.92. The molecule has 20 heavy (non-hydrogen) atoms. The quantitative estimate of drug-likeness (QED) is 0.850. The SMILES string of the molecule is COc1ccc(Nc2cc(C(F)(F)F)ccc2Cl)cc1. The van der Waals surface area contributed by atoms with E-state index in [1.807, 2.05) is 0 Å². The highest BCUT2D eigenvalue weighted by Gasteiger charge is 2.30. The zero-order valence-electron chi connectivity index (χ0n) is 10.5. The molecule has 0 aliphatic heterocycles. The van der Waals surface area contributed by atoms with E-state index in [2.05, 4.69) is 5.32 Å². The Hall–Kier alpha value is -1.88. The molecule has 1 N–H and O–H groups in total. The molecule has 2 nitrogen and oxygen atoms in total. The Kier molecular flexibility index (Phi) is 4.09. The fourth-order valence-electron chi connectivity index (χ4n) is 1.63. The summed E-state index contributed by atoms with van der Waals surface area (Å²) in [6.45, 7) is 0. The molecular formula is C14H11ClF3NO. The van der Waals surface area contributed by atoms with Crippen molar-refractivity contribution in [1.82, 2.24) is 0 Å². The summed E-state index contributed by atoms with van der Waals surface area (Å²) < 4.78 is 43.0. The van der Waals surface area contributed by atoms with E-state index in [0.29, 0.717) is 11.4 Å². The van der Waals surface area contributed by atoms with Crippen molar-refractivity contribution in [3.63, 3.8) is 0 Å². The van der Waals surface area contributed by atoms with Crippen molar-refractivity contribution in [2.24, 2.45) is 0 Å². The summed E-state index contributed by atoms with van der Waals surface area (Å²) in [5, 5.41) is 3.06. The molecule has 0 spiro atoms. The van der Waals surface area contributed by atoms with Gasteiger partial charge < -0.3 is 10.1 Å². The molecule has 0 saturated carbocycles. The molecule has 0 fully saturated rings. The molecule has 0 saturated heterocycles. The summed E-state index contributed by atoms with van der Waals surface area (Å²) in [5.74, 6) is 0.658. The maximum absolute atomic E-state index is 12.6. The van der Waals surface area contributed by atoms with Gasteiger partial charge in [-0.2, -0.15) is 13.2 Å². The van der Waals surface area contributed by atoms with Crippen molar-refractivity contribution in [2.45, 2.75) is 6.18 Å². The monoisotopic (exact) mass is 301 g/mol. The van der Waals surface area contributed by atoms with Crippen LogP contribution in [0.25, 0.3) is 0 Å². The minimum absolute atomic E-state index is 0.201. The molecule has 0 radical (unpaired) electrons. The van der Waals surface area contributed by atoms with E-state index in [1.54, 1.807) is 24.3 Å². The third kappa shape index (κ3) is 3.36. The third-order valence-corrected chi connectivity index (χ3v) is 2.99. The van der Waals surface area contributed by atoms with E-state index in [-0.39, 0.29) is 10.7 Å². The number of halogens is 4. The van der Waals surface area contributed by atoms with Crippen LogP contribution in [-0.4, -0.2) is 7.11 Å². The summed E-state index contributed by atoms with van der Waals surface area (Å²) in [6.07, 6.45) is -4.40. The second-order valence-corrected chi connectivity index (χ2v) is 4.45. The number of rotatable bonds is 3. The van der Waals surface area contributed by atoms with Crippen molar-refractivity contribution in [3.05, 3.63) is 53.1 Å². The zero-order chi connectivity index (χ0) is 14.8. The first-order valence-electron chi connectivity index (χ1n) is 5.68. The molecule has 0 aliphatic rings. The van der Waals surface area contributed by atoms with Crippen molar-refractivity contribution >= 4 is 23.0 Å². The highest BCUT2D eigenvalue weighted by Crippen LogP contribution is 2.35. The number of alkyl halides is 3. The van der Waals surface area contributed by atoms with E-state index in [0.717, 1.165) is 12.1 Å². The molecule has 0 heterocycles. The number of hydrogen-bond acceptors (Lipinski definition) is 2. The van der Waals surface area contributed by atoms with E-state index < -0.39 is 11.7 Å². The van der Waals surface area contributed by atoms with Crippen LogP contribution < -0.4 is 10.1 Å². The molecule has 106 valence electrons. The summed E-state index contributed by atoms with van der Waals surface area (Å²) >= 11 is 5.90. The van der Waals surface area contributed by atoms with Crippen LogP contribution in [0.15, 0.2) is 42.5 Å². The van der Waals surface area contributed by atoms with Crippen LogP contribution >= 0.6 is 11.6 Å². The Morgan fingerprint density at radius 3 is 2.25 bits per heavy atom. The largest absolute Gasteiger partial charge is 0.497 e. The van der Waals surface area contributed by atoms with Crippen LogP contribution in [-0.2, 0) is 6.18 Å². The molecular weight excluding hydrogens is 291 g/mol. The van der Waals surface area contributed by atoms with Crippen LogP contribution in [0.4, 0.5) is 24.5 Å². The molecule has 0 aliphatic carbocycles. The lowest BCUT2D eigenvalue weighted by atomic mass is 10.2. The van der Waals surface area contributed by atoms with Crippen LogP contribution in [0.5, 0.6) is 5.75 Å². The Labute approximate surface area is 119 Å². The van der Waals surface area contributed by atoms with Crippen LogP contribution in [0.3, 0.4) is 0 Å². The topological polar surface area (TPSA) is 21.3 Å². The van der Waals surface area contributed by atoms with Gasteiger partial charge in [-0.05, 0) is 42.5 Å². The first kappa shape index (κ1) is 14.5. The molecule has 6 heteroatoms. The van der Waals surface area contributed by atoms with Gasteiger partial charge in [0.05, 0.1) is 23.4 Å². The van der Waals surface area contributed by atoms with Gasteiger partial charge in [-0.25, -0.2) is 0 Å². The molecule has 0 bridgehead atoms. The minimum Gasteiger partial charge on any atom is -0.497 e. The van der Waals surface area contributed by atoms with Crippen molar-refractivity contribution in [2.75, 3.05) is 12.4 Å². The van der Waals surface area contributed by atoms with E-state index >= 15 is 0 Å². The predicted octanol–water partition coefficient (Wildman–Crippen LogP) is 5.11. The first-order valence-corrected chi connectivity index (χ1v) is 6.06. The molecule has 0 atom stereocenters. The summed E-state index contributed by atoms with van der Waals surface area (Å²) in [4.78, 5) is 0. The van der Waals surface area contributed by atoms with Gasteiger partial charge in [0.1, 0.15) is 5.75 Å². The van der Waals surface area contributed by atoms with Gasteiger partial charge in [0.2, 0.25) is 0 Å². The first-order chi connectivity index (χ1) is 9.40. The third-order valence-electron chi connectivity index (χ3n) is 2.66. The van der Waals surface area contributed by atoms with Crippen molar-refractivity contribution < 1.29 is 17.9 Å². The molecule has 0 amide bonds. The number of nitrogens with one attached hydrogen (secondary N) is 1. The Morgan fingerprint density at radius 1 is 1.05 bits per heavy atom. The van der Waals surface area contributed by atoms with Gasteiger partial charge in [0.15, 0.2) is 0 Å². The smallest absolute Gasteiger partial charge is 0.416 e. The van der Waals surface area contributed by atoms with Crippen molar-refractivity contribution in [1.29, 1.82) is 0 Å². The Balaban J connectivity index is 2.27. The maximum Gasteiger partial charge on any atom is 0.416 e. The minimum atomic E-state index is -4.40. The lowest BCUT2D eigenvalue weighted by Gasteiger charge is -2.12. The summed E-state index contributed by atoms with van der Waals surface area (Å²) in [5.41, 5.74) is 0.0663. The van der Waals surface area contributed by atoms with E-state index in [9.17, 15) is 13.2 Å². The highest BCUT2D eigenvalue weighted by atomic mass is 35.5. The van der Waals surface area contributed by atoms with Gasteiger partial charge in [0, 0.05) is 5.69 Å². The zero-order valence-corrected chi connectivity index (χ0v) is 11.2. The van der Waals surface area contributed by atoms with Gasteiger partial charge in [-0.1, -0.05) is 11.6 Å². The predicted molar refractivity (Wildman–Crippen MR) is 72.7 cm³/mol. The normalized spacial score (nSPS) is 11.2. The van der Waals surface area contributed by atoms with Crippen molar-refractivity contribution in [3.8, 4) is 5.75 Å². The second kappa shape index (κ2) is 5.63. The molecule has 2 aromatic carbocycles. The highest BCUT2D eigenvalue weighted by molar-refractivity contribution is 6.33. The molecule has 2 rings (SSSR count). The standard InChI is InChI=1S/C14H11ClF3NO/c1-20-11-5-3-10(4-6-11)19-13-8-9(14(16,17)18)2-7-12(13)15/h2-8,19H,1H3. The number of methoxy groups -OCH3 is 1. The van der Waals surface area contributed by atoms with Gasteiger partial charge in [-0.15, -0.1) is 0 Å². The molecule has 0 aromatic heterocycles. The summed E-state index contributed by atoms with van der Waals surface area (Å²) in [7, 11) is 1.53. The fourth-order valence-corrected chi connectivity index (χ4v) is 1.79. The fraction of sp³-hybridized carbons (Fsp3) is 0.143. The maximum atomic E-state index is 12.6. The van der Waals surface area contributed by atoms with Crippen LogP contribution in [0, 0.1) is 0 Å². The van der Waals surface area contributed by atoms with Gasteiger partial charge in [0.25, 0.3) is 0 Å². The van der Waals surface area contributed by atoms with Crippen LogP contribution in [0.1, 0.15) is 5.56 Å². The number of benzene rings is 2. The number of anilines is 2. The average molecular weight is 302 g/mol. The number of hydrogen-bond donors (Lipinski definition) is 1. The Bertz CT molecular complexity index is 596.